The second kappa shape index (κ2) is 16.9. The summed E-state index contributed by atoms with van der Waals surface area (Å²) in [6.07, 6.45) is 4.22. The third kappa shape index (κ3) is 8.32. The van der Waals surface area contributed by atoms with Gasteiger partial charge in [-0.15, -0.1) is 0 Å². The van der Waals surface area contributed by atoms with Gasteiger partial charge in [0.25, 0.3) is 17.4 Å². The van der Waals surface area contributed by atoms with Gasteiger partial charge in [-0.2, -0.15) is 4.98 Å². The number of carbonyl (C=O) groups excluding carboxylic acids is 4. The van der Waals surface area contributed by atoms with Crippen LogP contribution in [0, 0.1) is 11.2 Å². The summed E-state index contributed by atoms with van der Waals surface area (Å²) in [5.41, 5.74) is 1.05. The number of alkyl halides is 1. The largest absolute Gasteiger partial charge is 0.478 e. The molecule has 5 aliphatic rings. The van der Waals surface area contributed by atoms with Crippen molar-refractivity contribution in [1.82, 2.24) is 35.0 Å². The van der Waals surface area contributed by atoms with Crippen molar-refractivity contribution in [3.8, 4) is 5.75 Å². The maximum atomic E-state index is 16.4. The van der Waals surface area contributed by atoms with Crippen LogP contribution in [0.3, 0.4) is 0 Å². The van der Waals surface area contributed by atoms with E-state index in [0.717, 1.165) is 25.9 Å². The Morgan fingerprint density at radius 2 is 1.75 bits per heavy atom. The molecule has 2 aromatic carbocycles. The molecular formula is C45H51ClF2N10O6. The third-order valence-corrected chi connectivity index (χ3v) is 13.8. The average Bonchev–Trinajstić information content (AvgIpc) is 3.57. The third-order valence-electron chi connectivity index (χ3n) is 13.5. The Bertz CT molecular complexity index is 2600. The molecule has 9 rings (SSSR count). The highest BCUT2D eigenvalue weighted by Gasteiger charge is 2.49. The Labute approximate surface area is 373 Å². The summed E-state index contributed by atoms with van der Waals surface area (Å²) in [6.45, 7) is 7.72. The number of benzene rings is 2. The standard InChI is InChI=1S/C45H51ClF2N10O6/c1-26(2)58-33-5-4-29(16-27(33)18-36(42(58)63)64-22-38(60)49-3)51-39-31(46)20-50-43(53-39)56-14-10-45(48,11-15-56)25-54-23-44(24-54)8-12-55(13-9-44)35-17-28-21-57(41(62)30(28)19-32(35)47)34-6-7-37(59)52-40(34)61/h4-5,16-20,26,34H,6-15,21-25H2,1-3H3,(H,49,60)(H,50,51,53)(H,52,59,61). The number of piperidine rings is 3. The molecule has 7 heterocycles. The first-order chi connectivity index (χ1) is 30.6. The summed E-state index contributed by atoms with van der Waals surface area (Å²) < 4.78 is 39.2. The van der Waals surface area contributed by atoms with Crippen LogP contribution in [0.2, 0.25) is 5.02 Å². The van der Waals surface area contributed by atoms with E-state index in [2.05, 4.69) is 25.8 Å². The van der Waals surface area contributed by atoms with Gasteiger partial charge in [-0.25, -0.2) is 13.8 Å². The predicted octanol–water partition coefficient (Wildman–Crippen LogP) is 4.71. The van der Waals surface area contributed by atoms with E-state index in [1.54, 1.807) is 16.7 Å². The lowest BCUT2D eigenvalue weighted by Crippen LogP contribution is -2.63. The van der Waals surface area contributed by atoms with E-state index < -0.39 is 29.3 Å². The molecule has 1 spiro atoms. The highest BCUT2D eigenvalue weighted by Crippen LogP contribution is 2.44. The number of anilines is 4. The fourth-order valence-electron chi connectivity index (χ4n) is 10.0. The average molecular weight is 901 g/mol. The number of likely N-dealkylation sites (N-methyl/N-ethyl adjacent to an activating group) is 1. The van der Waals surface area contributed by atoms with Crippen molar-refractivity contribution in [2.24, 2.45) is 5.41 Å². The lowest BCUT2D eigenvalue weighted by molar-refractivity contribution is -0.137. The van der Waals surface area contributed by atoms with Crippen molar-refractivity contribution in [3.05, 3.63) is 74.9 Å². The minimum Gasteiger partial charge on any atom is -0.478 e. The van der Waals surface area contributed by atoms with Crippen molar-refractivity contribution in [2.45, 2.75) is 76.7 Å². The number of pyridine rings is 1. The molecule has 1 unspecified atom stereocenters. The van der Waals surface area contributed by atoms with Gasteiger partial charge in [0.2, 0.25) is 17.8 Å². The van der Waals surface area contributed by atoms with Crippen molar-refractivity contribution in [2.75, 3.05) is 74.6 Å². The molecule has 64 heavy (non-hydrogen) atoms. The van der Waals surface area contributed by atoms with Gasteiger partial charge >= 0.3 is 0 Å². The Morgan fingerprint density at radius 1 is 1.02 bits per heavy atom. The van der Waals surface area contributed by atoms with Crippen LogP contribution in [0.15, 0.2) is 47.4 Å². The summed E-state index contributed by atoms with van der Waals surface area (Å²) in [7, 11) is 1.50. The van der Waals surface area contributed by atoms with Gasteiger partial charge in [-0.1, -0.05) is 11.6 Å². The number of amides is 4. The van der Waals surface area contributed by atoms with E-state index in [-0.39, 0.29) is 66.1 Å². The smallest absolute Gasteiger partial charge is 0.293 e. The topological polar surface area (TPSA) is 174 Å². The maximum absolute atomic E-state index is 16.4. The van der Waals surface area contributed by atoms with Crippen LogP contribution in [0.25, 0.3) is 10.9 Å². The first-order valence-electron chi connectivity index (χ1n) is 21.8. The van der Waals surface area contributed by atoms with Gasteiger partial charge in [0.05, 0.1) is 17.4 Å². The van der Waals surface area contributed by atoms with E-state index >= 15 is 8.78 Å². The molecule has 16 nitrogen and oxygen atoms in total. The zero-order chi connectivity index (χ0) is 45.1. The monoisotopic (exact) mass is 900 g/mol. The Kier molecular flexibility index (Phi) is 11.5. The van der Waals surface area contributed by atoms with Gasteiger partial charge in [-0.3, -0.25) is 34.2 Å². The van der Waals surface area contributed by atoms with E-state index in [9.17, 15) is 24.0 Å². The number of nitrogens with zero attached hydrogens (tertiary/aromatic N) is 7. The van der Waals surface area contributed by atoms with Crippen LogP contribution < -0.4 is 36.0 Å². The fraction of sp³-hybridized carbons (Fsp3) is 0.489. The lowest BCUT2D eigenvalue weighted by atomic mass is 9.71. The SMILES string of the molecule is CNC(=O)COc1cc2cc(Nc3nc(N4CCC(F)(CN5CC6(CCN(c7cc8c(cc7F)C(=O)N(C7CCC(=O)NC7=O)C8)CC6)C5)CC4)ncc3Cl)ccc2n(C(C)C)c1=O. The molecular weight excluding hydrogens is 850 g/mol. The molecule has 4 aromatic rings. The Hall–Kier alpha value is -5.88. The predicted molar refractivity (Wildman–Crippen MR) is 237 cm³/mol. The minimum atomic E-state index is -1.37. The number of aromatic nitrogens is 3. The number of likely N-dealkylation sites (tertiary alicyclic amines) is 1. The summed E-state index contributed by atoms with van der Waals surface area (Å²) >= 11 is 6.57. The second-order valence-electron chi connectivity index (χ2n) is 18.1. The summed E-state index contributed by atoms with van der Waals surface area (Å²) in [6, 6.07) is 9.19. The maximum Gasteiger partial charge on any atom is 0.293 e. The van der Waals surface area contributed by atoms with Crippen molar-refractivity contribution >= 4 is 69.3 Å². The number of nitrogens with one attached hydrogen (secondary N) is 3. The molecule has 0 bridgehead atoms. The number of carbonyl (C=O) groups is 4. The fourth-order valence-corrected chi connectivity index (χ4v) is 10.1. The Balaban J connectivity index is 0.780. The number of halogens is 3. The first-order valence-corrected chi connectivity index (χ1v) is 22.2. The van der Waals surface area contributed by atoms with Crippen molar-refractivity contribution in [1.29, 1.82) is 0 Å². The van der Waals surface area contributed by atoms with Gasteiger partial charge in [-0.05, 0) is 80.5 Å². The number of rotatable bonds is 11. The molecule has 0 radical (unpaired) electrons. The Morgan fingerprint density at radius 3 is 2.45 bits per heavy atom. The van der Waals surface area contributed by atoms with E-state index in [1.807, 2.05) is 41.8 Å². The van der Waals surface area contributed by atoms with Gasteiger partial charge in [0.1, 0.15) is 22.6 Å². The van der Waals surface area contributed by atoms with E-state index in [4.69, 9.17) is 21.3 Å². The summed E-state index contributed by atoms with van der Waals surface area (Å²) in [4.78, 5) is 79.2. The summed E-state index contributed by atoms with van der Waals surface area (Å²) in [5, 5.41) is 9.06. The van der Waals surface area contributed by atoms with Gasteiger partial charge in [0, 0.05) is 101 Å². The number of hydrogen-bond donors (Lipinski definition) is 3. The van der Waals surface area contributed by atoms with E-state index in [0.29, 0.717) is 90.2 Å². The minimum absolute atomic E-state index is 0.0439. The molecule has 4 amide bonds. The van der Waals surface area contributed by atoms with Gasteiger partial charge in [0.15, 0.2) is 18.2 Å². The second-order valence-corrected chi connectivity index (χ2v) is 18.5. The first kappa shape index (κ1) is 43.4. The highest BCUT2D eigenvalue weighted by molar-refractivity contribution is 6.33. The van der Waals surface area contributed by atoms with E-state index in [1.165, 1.54) is 24.2 Å². The zero-order valence-electron chi connectivity index (χ0n) is 36.0. The molecule has 1 atom stereocenters. The van der Waals surface area contributed by atoms with Crippen LogP contribution >= 0.6 is 11.6 Å². The van der Waals surface area contributed by atoms with Crippen LogP contribution in [-0.2, 0) is 20.9 Å². The van der Waals surface area contributed by atoms with Crippen LogP contribution in [0.4, 0.5) is 31.9 Å². The van der Waals surface area contributed by atoms with Crippen LogP contribution in [-0.4, -0.2) is 119 Å². The molecule has 4 saturated heterocycles. The lowest BCUT2D eigenvalue weighted by Gasteiger charge is -2.56. The molecule has 3 N–H and O–H groups in total. The summed E-state index contributed by atoms with van der Waals surface area (Å²) in [5.74, 6) is -1.23. The molecule has 0 saturated carbocycles. The van der Waals surface area contributed by atoms with Crippen molar-refractivity contribution < 1.29 is 32.7 Å². The van der Waals surface area contributed by atoms with Crippen LogP contribution in [0.1, 0.15) is 74.3 Å². The highest BCUT2D eigenvalue weighted by atomic mass is 35.5. The molecule has 4 fully saturated rings. The molecule has 19 heteroatoms. The number of imide groups is 1. The molecule has 2 aromatic heterocycles. The quantitative estimate of drug-likeness (QED) is 0.177. The molecule has 0 aliphatic carbocycles. The van der Waals surface area contributed by atoms with Crippen LogP contribution in [0.5, 0.6) is 5.75 Å². The molecule has 5 aliphatic heterocycles. The zero-order valence-corrected chi connectivity index (χ0v) is 36.8. The molecule has 338 valence electrons. The van der Waals surface area contributed by atoms with Gasteiger partial charge < -0.3 is 34.6 Å². The number of fused-ring (bicyclic) bond motifs is 2. The number of ether oxygens (including phenoxy) is 1. The number of hydrogen-bond acceptors (Lipinski definition) is 12. The van der Waals surface area contributed by atoms with Crippen molar-refractivity contribution in [3.63, 3.8) is 0 Å². The normalized spacial score (nSPS) is 20.7.